The fourth-order valence-corrected chi connectivity index (χ4v) is 3.05. The van der Waals surface area contributed by atoms with E-state index in [0.717, 1.165) is 4.90 Å². The molecule has 0 bridgehead atoms. The molecule has 90 valence electrons. The minimum absolute atomic E-state index is 0.202. The molecule has 0 radical (unpaired) electrons. The molecule has 0 spiro atoms. The first-order valence-corrected chi connectivity index (χ1v) is 6.39. The normalized spacial score (nSPS) is 15.4. The highest BCUT2D eigenvalue weighted by molar-refractivity contribution is 7.99. The molecule has 17 heavy (non-hydrogen) atoms. The molecule has 1 aliphatic rings. The van der Waals surface area contributed by atoms with E-state index in [9.17, 15) is 9.59 Å². The van der Waals surface area contributed by atoms with Crippen LogP contribution in [0.15, 0.2) is 23.1 Å². The Kier molecular flexibility index (Phi) is 3.59. The summed E-state index contributed by atoms with van der Waals surface area (Å²) >= 11 is 7.58. The van der Waals surface area contributed by atoms with Gasteiger partial charge < -0.3 is 5.11 Å². The quantitative estimate of drug-likeness (QED) is 0.896. The van der Waals surface area contributed by atoms with Crippen LogP contribution in [0.5, 0.6) is 0 Å². The summed E-state index contributed by atoms with van der Waals surface area (Å²) in [6, 6.07) is 5.30. The van der Waals surface area contributed by atoms with Crippen molar-refractivity contribution in [3.63, 3.8) is 0 Å². The minimum Gasteiger partial charge on any atom is -0.480 e. The van der Waals surface area contributed by atoms with Crippen LogP contribution >= 0.6 is 23.4 Å². The first kappa shape index (κ1) is 12.3. The zero-order valence-corrected chi connectivity index (χ0v) is 10.4. The molecule has 0 aliphatic carbocycles. The van der Waals surface area contributed by atoms with E-state index in [0.29, 0.717) is 22.9 Å². The van der Waals surface area contributed by atoms with Crippen molar-refractivity contribution in [3.05, 3.63) is 23.2 Å². The van der Waals surface area contributed by atoms with Gasteiger partial charge in [0.1, 0.15) is 6.54 Å². The lowest BCUT2D eigenvalue weighted by Gasteiger charge is -2.21. The second kappa shape index (κ2) is 4.98. The molecule has 6 heteroatoms. The molecule has 1 N–H and O–H groups in total. The van der Waals surface area contributed by atoms with Crippen molar-refractivity contribution in [1.29, 1.82) is 0 Å². The Bertz CT molecular complexity index is 478. The van der Waals surface area contributed by atoms with Gasteiger partial charge in [0.05, 0.1) is 10.7 Å². The van der Waals surface area contributed by atoms with Gasteiger partial charge in [-0.1, -0.05) is 17.7 Å². The molecule has 2 rings (SSSR count). The van der Waals surface area contributed by atoms with Crippen molar-refractivity contribution in [2.24, 2.45) is 0 Å². The number of benzene rings is 1. The summed E-state index contributed by atoms with van der Waals surface area (Å²) < 4.78 is 0. The topological polar surface area (TPSA) is 57.6 Å². The number of fused-ring (bicyclic) bond motifs is 1. The van der Waals surface area contributed by atoms with Crippen LogP contribution in [-0.2, 0) is 9.59 Å². The predicted molar refractivity (Wildman–Crippen MR) is 66.8 cm³/mol. The monoisotopic (exact) mass is 271 g/mol. The molecule has 1 amide bonds. The molecular formula is C11H10ClNO3S. The fraction of sp³-hybridized carbons (Fsp3) is 0.273. The van der Waals surface area contributed by atoms with E-state index in [-0.39, 0.29) is 12.5 Å². The minimum atomic E-state index is -1.05. The second-order valence-corrected chi connectivity index (χ2v) is 5.10. The number of carbonyl (C=O) groups excluding carboxylic acids is 1. The Labute approximate surface area is 108 Å². The molecular weight excluding hydrogens is 262 g/mol. The number of para-hydroxylation sites is 1. The van der Waals surface area contributed by atoms with Gasteiger partial charge >= 0.3 is 5.97 Å². The number of anilines is 1. The highest BCUT2D eigenvalue weighted by atomic mass is 35.5. The number of halogens is 1. The number of amides is 1. The van der Waals surface area contributed by atoms with E-state index in [1.807, 2.05) is 6.07 Å². The molecule has 0 aromatic heterocycles. The number of aliphatic carboxylic acids is 1. The van der Waals surface area contributed by atoms with Crippen LogP contribution in [-0.4, -0.2) is 29.3 Å². The van der Waals surface area contributed by atoms with Gasteiger partial charge in [0.15, 0.2) is 0 Å². The number of carbonyl (C=O) groups is 2. The van der Waals surface area contributed by atoms with Crippen molar-refractivity contribution < 1.29 is 14.7 Å². The number of hydrogen-bond donors (Lipinski definition) is 1. The summed E-state index contributed by atoms with van der Waals surface area (Å²) in [5.41, 5.74) is 0.518. The highest BCUT2D eigenvalue weighted by Crippen LogP contribution is 2.39. The lowest BCUT2D eigenvalue weighted by molar-refractivity contribution is -0.136. The largest absolute Gasteiger partial charge is 0.480 e. The SMILES string of the molecule is O=C(O)CN1C(=O)CCSc2cccc(Cl)c21. The Hall–Kier alpha value is -1.20. The zero-order valence-electron chi connectivity index (χ0n) is 8.85. The van der Waals surface area contributed by atoms with Gasteiger partial charge in [0, 0.05) is 17.1 Å². The summed E-state index contributed by atoms with van der Waals surface area (Å²) in [6.45, 7) is -0.351. The molecule has 0 saturated heterocycles. The number of carboxylic acids is 1. The smallest absolute Gasteiger partial charge is 0.323 e. The van der Waals surface area contributed by atoms with E-state index in [4.69, 9.17) is 16.7 Å². The van der Waals surface area contributed by atoms with Crippen LogP contribution in [0.3, 0.4) is 0 Å². The molecule has 0 unspecified atom stereocenters. The maximum Gasteiger partial charge on any atom is 0.323 e. The zero-order chi connectivity index (χ0) is 12.4. The van der Waals surface area contributed by atoms with Crippen LogP contribution in [0.1, 0.15) is 6.42 Å². The van der Waals surface area contributed by atoms with E-state index >= 15 is 0 Å². The Morgan fingerprint density at radius 1 is 1.53 bits per heavy atom. The molecule has 1 aromatic carbocycles. The van der Waals surface area contributed by atoms with Gasteiger partial charge in [-0.25, -0.2) is 0 Å². The van der Waals surface area contributed by atoms with Crippen molar-refractivity contribution in [3.8, 4) is 0 Å². The summed E-state index contributed by atoms with van der Waals surface area (Å²) in [5, 5.41) is 9.26. The van der Waals surface area contributed by atoms with Gasteiger partial charge in [0.25, 0.3) is 0 Å². The number of hydrogen-bond acceptors (Lipinski definition) is 3. The van der Waals surface area contributed by atoms with Crippen molar-refractivity contribution in [1.82, 2.24) is 0 Å². The van der Waals surface area contributed by atoms with Crippen LogP contribution in [0.2, 0.25) is 5.02 Å². The average molecular weight is 272 g/mol. The van der Waals surface area contributed by atoms with Crippen molar-refractivity contribution >= 4 is 40.9 Å². The van der Waals surface area contributed by atoms with Crippen LogP contribution in [0.25, 0.3) is 0 Å². The average Bonchev–Trinajstić information content (AvgIpc) is 2.40. The van der Waals surface area contributed by atoms with E-state index in [1.165, 1.54) is 16.7 Å². The molecule has 4 nitrogen and oxygen atoms in total. The van der Waals surface area contributed by atoms with Crippen LogP contribution in [0, 0.1) is 0 Å². The maximum absolute atomic E-state index is 11.9. The Morgan fingerprint density at radius 2 is 2.29 bits per heavy atom. The lowest BCUT2D eigenvalue weighted by Crippen LogP contribution is -2.35. The fourth-order valence-electron chi connectivity index (χ4n) is 1.68. The third-order valence-corrected chi connectivity index (χ3v) is 3.74. The highest BCUT2D eigenvalue weighted by Gasteiger charge is 2.26. The standard InChI is InChI=1S/C11H10ClNO3S/c12-7-2-1-3-8-11(7)13(6-10(15)16)9(14)4-5-17-8/h1-3H,4-6H2,(H,15,16). The molecule has 1 aromatic rings. The van der Waals surface area contributed by atoms with Gasteiger partial charge in [-0.15, -0.1) is 11.8 Å². The molecule has 0 saturated carbocycles. The third-order valence-electron chi connectivity index (χ3n) is 2.39. The first-order chi connectivity index (χ1) is 8.09. The Balaban J connectivity index is 2.49. The van der Waals surface area contributed by atoms with Gasteiger partial charge in [-0.3, -0.25) is 14.5 Å². The summed E-state index contributed by atoms with van der Waals surface area (Å²) in [7, 11) is 0. The Morgan fingerprint density at radius 3 is 3.00 bits per heavy atom. The van der Waals surface area contributed by atoms with Gasteiger partial charge in [0.2, 0.25) is 5.91 Å². The summed E-state index contributed by atoms with van der Waals surface area (Å²) in [6.07, 6.45) is 0.322. The van der Waals surface area contributed by atoms with Crippen LogP contribution in [0.4, 0.5) is 5.69 Å². The number of thioether (sulfide) groups is 1. The van der Waals surface area contributed by atoms with Gasteiger partial charge in [-0.2, -0.15) is 0 Å². The van der Waals surface area contributed by atoms with E-state index < -0.39 is 5.97 Å². The summed E-state index contributed by atoms with van der Waals surface area (Å²) in [4.78, 5) is 24.8. The predicted octanol–water partition coefficient (Wildman–Crippen LogP) is 2.25. The van der Waals surface area contributed by atoms with Gasteiger partial charge in [-0.05, 0) is 12.1 Å². The van der Waals surface area contributed by atoms with Crippen molar-refractivity contribution in [2.75, 3.05) is 17.2 Å². The third kappa shape index (κ3) is 2.56. The first-order valence-electron chi connectivity index (χ1n) is 5.03. The molecule has 1 heterocycles. The summed E-state index contributed by atoms with van der Waals surface area (Å²) in [5.74, 6) is -0.606. The van der Waals surface area contributed by atoms with E-state index in [1.54, 1.807) is 12.1 Å². The molecule has 0 atom stereocenters. The lowest BCUT2D eigenvalue weighted by atomic mass is 10.2. The number of rotatable bonds is 2. The maximum atomic E-state index is 11.9. The molecule has 1 aliphatic heterocycles. The van der Waals surface area contributed by atoms with E-state index in [2.05, 4.69) is 0 Å². The number of nitrogens with zero attached hydrogens (tertiary/aromatic N) is 1. The second-order valence-electron chi connectivity index (χ2n) is 3.56. The number of carboxylic acid groups (broad SMARTS) is 1. The van der Waals surface area contributed by atoms with Crippen molar-refractivity contribution in [2.45, 2.75) is 11.3 Å². The molecule has 0 fully saturated rings. The van der Waals surface area contributed by atoms with Crippen LogP contribution < -0.4 is 4.90 Å².